The minimum Gasteiger partial charge on any atom is -0.504 e. The van der Waals surface area contributed by atoms with Crippen LogP contribution in [0, 0.1) is 5.82 Å². The Balaban J connectivity index is 2.09. The summed E-state index contributed by atoms with van der Waals surface area (Å²) in [6.07, 6.45) is 0. The van der Waals surface area contributed by atoms with E-state index in [2.05, 4.69) is 5.32 Å². The van der Waals surface area contributed by atoms with Gasteiger partial charge in [-0.05, 0) is 23.8 Å². The quantitative estimate of drug-likeness (QED) is 0.643. The van der Waals surface area contributed by atoms with Crippen LogP contribution in [0.5, 0.6) is 11.5 Å². The molecule has 5 nitrogen and oxygen atoms in total. The van der Waals surface area contributed by atoms with Gasteiger partial charge in [0.2, 0.25) is 0 Å². The second-order valence-electron chi connectivity index (χ2n) is 4.49. The van der Waals surface area contributed by atoms with E-state index in [1.165, 1.54) is 24.3 Å². The third-order valence-electron chi connectivity index (χ3n) is 3.05. The molecule has 0 fully saturated rings. The van der Waals surface area contributed by atoms with Crippen LogP contribution in [0.1, 0.15) is 21.5 Å². The maximum absolute atomic E-state index is 13.7. The zero-order valence-corrected chi connectivity index (χ0v) is 11.1. The van der Waals surface area contributed by atoms with E-state index in [4.69, 9.17) is 5.73 Å². The second kappa shape index (κ2) is 6.23. The number of para-hydroxylation sites is 1. The molecule has 1 amide bonds. The highest BCUT2D eigenvalue weighted by Gasteiger charge is 2.14. The van der Waals surface area contributed by atoms with Crippen molar-refractivity contribution in [1.29, 1.82) is 0 Å². The number of benzene rings is 2. The predicted octanol–water partition coefficient (Wildman–Crippen LogP) is 1.63. The van der Waals surface area contributed by atoms with Gasteiger partial charge in [0, 0.05) is 18.7 Å². The third kappa shape index (κ3) is 3.29. The number of rotatable bonds is 4. The second-order valence-corrected chi connectivity index (χ2v) is 4.49. The van der Waals surface area contributed by atoms with E-state index < -0.39 is 17.5 Å². The number of phenols is 2. The molecule has 0 bridgehead atoms. The molecule has 0 radical (unpaired) electrons. The summed E-state index contributed by atoms with van der Waals surface area (Å²) in [5.74, 6) is -1.96. The smallest absolute Gasteiger partial charge is 0.255 e. The number of hydrogen-bond donors (Lipinski definition) is 4. The minimum absolute atomic E-state index is 0.0371. The lowest BCUT2D eigenvalue weighted by atomic mass is 10.1. The molecule has 0 unspecified atom stereocenters. The summed E-state index contributed by atoms with van der Waals surface area (Å²) < 4.78 is 13.7. The van der Waals surface area contributed by atoms with E-state index in [1.807, 2.05) is 0 Å². The number of carbonyl (C=O) groups excluding carboxylic acids is 1. The van der Waals surface area contributed by atoms with Crippen molar-refractivity contribution >= 4 is 5.91 Å². The predicted molar refractivity (Wildman–Crippen MR) is 75.2 cm³/mol. The summed E-state index contributed by atoms with van der Waals surface area (Å²) in [6.45, 7) is 0.200. The van der Waals surface area contributed by atoms with Crippen molar-refractivity contribution in [1.82, 2.24) is 5.32 Å². The first kappa shape index (κ1) is 14.8. The van der Waals surface area contributed by atoms with Crippen molar-refractivity contribution < 1.29 is 19.4 Å². The molecule has 0 spiro atoms. The monoisotopic (exact) mass is 290 g/mol. The summed E-state index contributed by atoms with van der Waals surface area (Å²) >= 11 is 0. The van der Waals surface area contributed by atoms with Gasteiger partial charge in [0.15, 0.2) is 11.5 Å². The molecule has 2 rings (SSSR count). The van der Waals surface area contributed by atoms with Gasteiger partial charge in [-0.3, -0.25) is 4.79 Å². The van der Waals surface area contributed by atoms with Crippen LogP contribution in [0.4, 0.5) is 4.39 Å². The zero-order chi connectivity index (χ0) is 15.4. The zero-order valence-electron chi connectivity index (χ0n) is 11.1. The van der Waals surface area contributed by atoms with Crippen LogP contribution < -0.4 is 11.1 Å². The Morgan fingerprint density at radius 1 is 1.24 bits per heavy atom. The molecule has 0 aliphatic heterocycles. The Hall–Kier alpha value is -2.60. The fourth-order valence-electron chi connectivity index (χ4n) is 1.85. The number of aromatic hydroxyl groups is 2. The molecule has 0 aliphatic rings. The molecule has 2 aromatic rings. The molecule has 0 saturated carbocycles. The number of amides is 1. The van der Waals surface area contributed by atoms with E-state index in [-0.39, 0.29) is 24.4 Å². The lowest BCUT2D eigenvalue weighted by Crippen LogP contribution is -2.23. The topological polar surface area (TPSA) is 95.6 Å². The number of nitrogens with two attached hydrogens (primary N) is 1. The molecular weight excluding hydrogens is 275 g/mol. The highest BCUT2D eigenvalue weighted by molar-refractivity contribution is 5.97. The molecule has 6 heteroatoms. The van der Waals surface area contributed by atoms with E-state index >= 15 is 0 Å². The summed E-state index contributed by atoms with van der Waals surface area (Å²) in [5, 5.41) is 21.4. The largest absolute Gasteiger partial charge is 0.504 e. The fourth-order valence-corrected chi connectivity index (χ4v) is 1.85. The minimum atomic E-state index is -0.606. The van der Waals surface area contributed by atoms with Gasteiger partial charge in [0.25, 0.3) is 5.91 Å². The van der Waals surface area contributed by atoms with Crippen LogP contribution >= 0.6 is 0 Å². The van der Waals surface area contributed by atoms with Gasteiger partial charge in [-0.25, -0.2) is 4.39 Å². The van der Waals surface area contributed by atoms with E-state index in [0.717, 1.165) is 0 Å². The maximum Gasteiger partial charge on any atom is 0.255 e. The molecule has 0 atom stereocenters. The van der Waals surface area contributed by atoms with Crippen LogP contribution in [0.2, 0.25) is 0 Å². The number of nitrogens with one attached hydrogen (secondary N) is 1. The number of hydrogen-bond acceptors (Lipinski definition) is 4. The average Bonchev–Trinajstić information content (AvgIpc) is 2.48. The standard InChI is InChI=1S/C15H15FN2O3/c16-12-6-9(7-17)4-5-10(12)8-18-15(21)11-2-1-3-13(19)14(11)20/h1-6,19-20H,7-8,17H2,(H,18,21). The van der Waals surface area contributed by atoms with Gasteiger partial charge >= 0.3 is 0 Å². The molecule has 0 aliphatic carbocycles. The lowest BCUT2D eigenvalue weighted by Gasteiger charge is -2.09. The van der Waals surface area contributed by atoms with Gasteiger partial charge in [0.1, 0.15) is 5.82 Å². The molecule has 110 valence electrons. The third-order valence-corrected chi connectivity index (χ3v) is 3.05. The summed E-state index contributed by atoms with van der Waals surface area (Å²) in [7, 11) is 0. The lowest BCUT2D eigenvalue weighted by molar-refractivity contribution is 0.0947. The molecule has 0 aromatic heterocycles. The van der Waals surface area contributed by atoms with Gasteiger partial charge in [-0.15, -0.1) is 0 Å². The Labute approximate surface area is 120 Å². The summed E-state index contributed by atoms with van der Waals surface area (Å²) in [6, 6.07) is 8.58. The van der Waals surface area contributed by atoms with Gasteiger partial charge < -0.3 is 21.3 Å². The maximum atomic E-state index is 13.7. The van der Waals surface area contributed by atoms with E-state index in [1.54, 1.807) is 12.1 Å². The fraction of sp³-hybridized carbons (Fsp3) is 0.133. The molecule has 2 aromatic carbocycles. The Morgan fingerprint density at radius 2 is 2.00 bits per heavy atom. The van der Waals surface area contributed by atoms with Crippen LogP contribution in [-0.2, 0) is 13.1 Å². The first-order valence-electron chi connectivity index (χ1n) is 6.29. The van der Waals surface area contributed by atoms with Crippen molar-refractivity contribution in [3.05, 3.63) is 58.9 Å². The average molecular weight is 290 g/mol. The van der Waals surface area contributed by atoms with E-state index in [9.17, 15) is 19.4 Å². The van der Waals surface area contributed by atoms with Gasteiger partial charge in [-0.2, -0.15) is 0 Å². The van der Waals surface area contributed by atoms with Crippen molar-refractivity contribution in [3.8, 4) is 11.5 Å². The van der Waals surface area contributed by atoms with Crippen molar-refractivity contribution in [3.63, 3.8) is 0 Å². The highest BCUT2D eigenvalue weighted by Crippen LogP contribution is 2.28. The molecular formula is C15H15FN2O3. The highest BCUT2D eigenvalue weighted by atomic mass is 19.1. The van der Waals surface area contributed by atoms with Crippen LogP contribution in [0.25, 0.3) is 0 Å². The Kier molecular flexibility index (Phi) is 4.39. The molecule has 5 N–H and O–H groups in total. The summed E-state index contributed by atoms with van der Waals surface area (Å²) in [5.41, 5.74) is 6.30. The van der Waals surface area contributed by atoms with Crippen LogP contribution in [0.15, 0.2) is 36.4 Å². The van der Waals surface area contributed by atoms with Crippen LogP contribution in [-0.4, -0.2) is 16.1 Å². The molecule has 0 heterocycles. The van der Waals surface area contributed by atoms with Crippen molar-refractivity contribution in [2.45, 2.75) is 13.1 Å². The Morgan fingerprint density at radius 3 is 2.67 bits per heavy atom. The van der Waals surface area contributed by atoms with Gasteiger partial charge in [0.05, 0.1) is 5.56 Å². The number of carbonyl (C=O) groups is 1. The first-order chi connectivity index (χ1) is 10.0. The molecule has 21 heavy (non-hydrogen) atoms. The Bertz CT molecular complexity index is 674. The van der Waals surface area contributed by atoms with Crippen LogP contribution in [0.3, 0.4) is 0 Å². The SMILES string of the molecule is NCc1ccc(CNC(=O)c2cccc(O)c2O)c(F)c1. The summed E-state index contributed by atoms with van der Waals surface area (Å²) in [4.78, 5) is 11.9. The number of halogens is 1. The van der Waals surface area contributed by atoms with Crippen molar-refractivity contribution in [2.75, 3.05) is 0 Å². The van der Waals surface area contributed by atoms with Gasteiger partial charge in [-0.1, -0.05) is 18.2 Å². The first-order valence-corrected chi connectivity index (χ1v) is 6.29. The normalized spacial score (nSPS) is 10.4. The molecule has 0 saturated heterocycles. The number of phenolic OH excluding ortho intramolecular Hbond substituents is 2. The van der Waals surface area contributed by atoms with Crippen molar-refractivity contribution in [2.24, 2.45) is 5.73 Å². The van der Waals surface area contributed by atoms with E-state index in [0.29, 0.717) is 11.1 Å².